The van der Waals surface area contributed by atoms with Crippen molar-refractivity contribution in [3.8, 4) is 6.07 Å². The van der Waals surface area contributed by atoms with Gasteiger partial charge in [-0.25, -0.2) is 4.98 Å². The van der Waals surface area contributed by atoms with Crippen LogP contribution in [-0.2, 0) is 4.74 Å². The quantitative estimate of drug-likeness (QED) is 0.884. The van der Waals surface area contributed by atoms with Gasteiger partial charge in [-0.15, -0.1) is 0 Å². The van der Waals surface area contributed by atoms with Crippen molar-refractivity contribution in [2.24, 2.45) is 5.92 Å². The minimum absolute atomic E-state index is 0.263. The Hall–Kier alpha value is -1.60. The van der Waals surface area contributed by atoms with Crippen LogP contribution in [0.25, 0.3) is 0 Å². The first-order valence-corrected chi connectivity index (χ1v) is 6.53. The zero-order valence-corrected chi connectivity index (χ0v) is 10.5. The summed E-state index contributed by atoms with van der Waals surface area (Å²) in [6.07, 6.45) is 2.45. The van der Waals surface area contributed by atoms with Crippen molar-refractivity contribution < 1.29 is 4.74 Å². The van der Waals surface area contributed by atoms with E-state index in [0.717, 1.165) is 18.1 Å². The van der Waals surface area contributed by atoms with Gasteiger partial charge in [0, 0.05) is 17.5 Å². The maximum Gasteiger partial charge on any atom is 0.144 e. The van der Waals surface area contributed by atoms with Gasteiger partial charge >= 0.3 is 0 Å². The molecule has 4 nitrogen and oxygen atoms in total. The van der Waals surface area contributed by atoms with E-state index in [9.17, 15) is 0 Å². The zero-order chi connectivity index (χ0) is 12.5. The van der Waals surface area contributed by atoms with Gasteiger partial charge in [-0.05, 0) is 25.0 Å². The summed E-state index contributed by atoms with van der Waals surface area (Å²) in [4.78, 5) is 4.61. The average Bonchev–Trinajstić information content (AvgIpc) is 3.15. The molecule has 18 heavy (non-hydrogen) atoms. The molecule has 2 fully saturated rings. The van der Waals surface area contributed by atoms with E-state index in [1.165, 1.54) is 12.8 Å². The van der Waals surface area contributed by atoms with Crippen molar-refractivity contribution in [2.75, 3.05) is 18.5 Å². The lowest BCUT2D eigenvalue weighted by molar-refractivity contribution is 0.187. The molecular weight excluding hydrogens is 226 g/mol. The number of nitrogens with zero attached hydrogens (tertiary/aromatic N) is 2. The smallest absolute Gasteiger partial charge is 0.144 e. The minimum atomic E-state index is 0.263. The van der Waals surface area contributed by atoms with Gasteiger partial charge in [0.2, 0.25) is 0 Å². The summed E-state index contributed by atoms with van der Waals surface area (Å²) in [7, 11) is 0. The predicted octanol–water partition coefficient (Wildman–Crippen LogP) is 2.28. The van der Waals surface area contributed by atoms with E-state index in [4.69, 9.17) is 10.00 Å². The van der Waals surface area contributed by atoms with Crippen LogP contribution in [0.15, 0.2) is 12.1 Å². The van der Waals surface area contributed by atoms with Crippen molar-refractivity contribution in [3.63, 3.8) is 0 Å². The highest BCUT2D eigenvalue weighted by atomic mass is 16.5. The molecule has 1 saturated heterocycles. The highest BCUT2D eigenvalue weighted by Gasteiger charge is 2.28. The monoisotopic (exact) mass is 243 g/mol. The molecule has 2 unspecified atom stereocenters. The molecule has 1 aliphatic carbocycles. The lowest BCUT2D eigenvalue weighted by Crippen LogP contribution is -2.27. The summed E-state index contributed by atoms with van der Waals surface area (Å²) in [5.74, 6) is 1.79. The summed E-state index contributed by atoms with van der Waals surface area (Å²) < 4.78 is 5.43. The van der Waals surface area contributed by atoms with E-state index in [0.29, 0.717) is 24.0 Å². The van der Waals surface area contributed by atoms with E-state index in [-0.39, 0.29) is 6.04 Å². The minimum Gasteiger partial charge on any atom is -0.379 e. The maximum absolute atomic E-state index is 9.14. The molecule has 0 amide bonds. The van der Waals surface area contributed by atoms with Gasteiger partial charge in [0.1, 0.15) is 11.9 Å². The van der Waals surface area contributed by atoms with Gasteiger partial charge in [-0.1, -0.05) is 6.92 Å². The van der Waals surface area contributed by atoms with Crippen molar-refractivity contribution >= 4 is 5.82 Å². The molecule has 2 aliphatic rings. The predicted molar refractivity (Wildman–Crippen MR) is 68.3 cm³/mol. The molecule has 1 aliphatic heterocycles. The number of hydrogen-bond acceptors (Lipinski definition) is 4. The van der Waals surface area contributed by atoms with Crippen LogP contribution < -0.4 is 5.32 Å². The molecule has 0 aromatic carbocycles. The van der Waals surface area contributed by atoms with E-state index in [1.54, 1.807) is 0 Å². The molecule has 94 valence electrons. The Morgan fingerprint density at radius 3 is 2.83 bits per heavy atom. The van der Waals surface area contributed by atoms with E-state index >= 15 is 0 Å². The highest BCUT2D eigenvalue weighted by Crippen LogP contribution is 2.39. The van der Waals surface area contributed by atoms with Gasteiger partial charge in [0.25, 0.3) is 0 Å². The van der Waals surface area contributed by atoms with E-state index < -0.39 is 0 Å². The molecule has 0 bridgehead atoms. The average molecular weight is 243 g/mol. The molecule has 2 heterocycles. The van der Waals surface area contributed by atoms with Crippen molar-refractivity contribution in [1.29, 1.82) is 5.26 Å². The molecule has 4 heteroatoms. The summed E-state index contributed by atoms with van der Waals surface area (Å²) in [5.41, 5.74) is 1.74. The number of nitrogens with one attached hydrogen (secondary N) is 1. The fraction of sp³-hybridized carbons (Fsp3) is 0.571. The third-order valence-electron chi connectivity index (χ3n) is 3.72. The Morgan fingerprint density at radius 2 is 2.22 bits per heavy atom. The number of hydrogen-bond donors (Lipinski definition) is 1. The van der Waals surface area contributed by atoms with E-state index in [1.807, 2.05) is 12.1 Å². The second-order valence-corrected chi connectivity index (χ2v) is 5.28. The summed E-state index contributed by atoms with van der Waals surface area (Å²) >= 11 is 0. The molecule has 3 rings (SSSR count). The summed E-state index contributed by atoms with van der Waals surface area (Å²) in [6, 6.07) is 6.33. The van der Waals surface area contributed by atoms with Crippen LogP contribution in [-0.4, -0.2) is 24.2 Å². The Morgan fingerprint density at radius 1 is 1.39 bits per heavy atom. The molecule has 1 aromatic rings. The molecule has 1 aromatic heterocycles. The van der Waals surface area contributed by atoms with Gasteiger partial charge in [-0.2, -0.15) is 5.26 Å². The lowest BCUT2D eigenvalue weighted by Gasteiger charge is -2.17. The molecular formula is C14H17N3O. The van der Waals surface area contributed by atoms with Crippen LogP contribution in [0, 0.1) is 17.2 Å². The van der Waals surface area contributed by atoms with Gasteiger partial charge in [0.05, 0.1) is 24.8 Å². The SMILES string of the molecule is CC1COCC1Nc1nc(C2CC2)ccc1C#N. The molecule has 0 spiro atoms. The van der Waals surface area contributed by atoms with Crippen LogP contribution in [0.3, 0.4) is 0 Å². The van der Waals surface area contributed by atoms with Crippen molar-refractivity contribution in [1.82, 2.24) is 4.98 Å². The Balaban J connectivity index is 1.84. The van der Waals surface area contributed by atoms with Crippen LogP contribution >= 0.6 is 0 Å². The Labute approximate surface area is 107 Å². The largest absolute Gasteiger partial charge is 0.379 e. The third kappa shape index (κ3) is 2.19. The first kappa shape index (κ1) is 11.5. The van der Waals surface area contributed by atoms with Crippen LogP contribution in [0.5, 0.6) is 0 Å². The standard InChI is InChI=1S/C14H17N3O/c1-9-7-18-8-13(9)17-14-11(6-15)4-5-12(16-14)10-2-3-10/h4-5,9-10,13H,2-3,7-8H2,1H3,(H,16,17). The Kier molecular flexibility index (Phi) is 2.92. The first-order chi connectivity index (χ1) is 8.78. The van der Waals surface area contributed by atoms with Crippen molar-refractivity contribution in [2.45, 2.75) is 31.7 Å². The Bertz CT molecular complexity index is 490. The van der Waals surface area contributed by atoms with E-state index in [2.05, 4.69) is 23.3 Å². The molecule has 1 saturated carbocycles. The number of anilines is 1. The number of ether oxygens (including phenoxy) is 1. The van der Waals surface area contributed by atoms with Gasteiger partial charge in [-0.3, -0.25) is 0 Å². The van der Waals surface area contributed by atoms with Crippen LogP contribution in [0.1, 0.15) is 36.9 Å². The number of pyridine rings is 1. The van der Waals surface area contributed by atoms with Gasteiger partial charge < -0.3 is 10.1 Å². The lowest BCUT2D eigenvalue weighted by atomic mass is 10.1. The number of aromatic nitrogens is 1. The topological polar surface area (TPSA) is 57.9 Å². The number of nitriles is 1. The third-order valence-corrected chi connectivity index (χ3v) is 3.72. The second-order valence-electron chi connectivity index (χ2n) is 5.28. The molecule has 1 N–H and O–H groups in total. The fourth-order valence-electron chi connectivity index (χ4n) is 2.30. The zero-order valence-electron chi connectivity index (χ0n) is 10.5. The normalized spacial score (nSPS) is 26.9. The van der Waals surface area contributed by atoms with Gasteiger partial charge in [0.15, 0.2) is 0 Å². The summed E-state index contributed by atoms with van der Waals surface area (Å²) in [5, 5.41) is 12.5. The second kappa shape index (κ2) is 4.58. The van der Waals surface area contributed by atoms with Crippen molar-refractivity contribution in [3.05, 3.63) is 23.4 Å². The van der Waals surface area contributed by atoms with Crippen LogP contribution in [0.4, 0.5) is 5.82 Å². The fourth-order valence-corrected chi connectivity index (χ4v) is 2.30. The van der Waals surface area contributed by atoms with Crippen LogP contribution in [0.2, 0.25) is 0 Å². The number of rotatable bonds is 3. The summed E-state index contributed by atoms with van der Waals surface area (Å²) in [6.45, 7) is 3.63. The first-order valence-electron chi connectivity index (χ1n) is 6.53. The molecule has 2 atom stereocenters. The maximum atomic E-state index is 9.14. The highest BCUT2D eigenvalue weighted by molar-refractivity contribution is 5.53. The molecule has 0 radical (unpaired) electrons.